The van der Waals surface area contributed by atoms with Crippen LogP contribution >= 0.6 is 11.8 Å². The van der Waals surface area contributed by atoms with Gasteiger partial charge in [-0.15, -0.1) is 11.8 Å². The Morgan fingerprint density at radius 1 is 1.18 bits per heavy atom. The molecule has 10 nitrogen and oxygen atoms in total. The molecule has 16 heteroatoms. The molecule has 40 heavy (non-hydrogen) atoms. The van der Waals surface area contributed by atoms with Crippen LogP contribution in [0, 0.1) is 5.82 Å². The number of ether oxygens (including phenoxy) is 1. The Balaban J connectivity index is 2.14. The van der Waals surface area contributed by atoms with Gasteiger partial charge in [-0.2, -0.15) is 23.0 Å². The number of alkyl halides is 3. The predicted molar refractivity (Wildman–Crippen MR) is 142 cm³/mol. The van der Waals surface area contributed by atoms with Crippen molar-refractivity contribution in [2.45, 2.75) is 18.1 Å². The number of anilines is 2. The van der Waals surface area contributed by atoms with Crippen molar-refractivity contribution in [3.05, 3.63) is 65.7 Å². The van der Waals surface area contributed by atoms with Gasteiger partial charge in [-0.05, 0) is 55.1 Å². The highest BCUT2D eigenvalue weighted by Crippen LogP contribution is 2.40. The van der Waals surface area contributed by atoms with E-state index in [9.17, 15) is 31.1 Å². The summed E-state index contributed by atoms with van der Waals surface area (Å²) in [6.07, 6.45) is -3.43. The summed E-state index contributed by atoms with van der Waals surface area (Å²) in [7, 11) is 0. The zero-order chi connectivity index (χ0) is 29.2. The second-order valence-electron chi connectivity index (χ2n) is 7.93. The molecule has 2 aromatic carbocycles. The topological polar surface area (TPSA) is 145 Å². The molecule has 1 atom stereocenters. The quantitative estimate of drug-likeness (QED) is 0.108. The van der Waals surface area contributed by atoms with E-state index in [0.717, 1.165) is 28.6 Å². The van der Waals surface area contributed by atoms with Crippen LogP contribution in [0.4, 0.5) is 29.1 Å². The number of halogens is 4. The maximum Gasteiger partial charge on any atom is 0.451 e. The van der Waals surface area contributed by atoms with E-state index in [0.29, 0.717) is 0 Å². The number of carbonyl (C=O) groups is 1. The maximum atomic E-state index is 14.1. The number of nitrogens with two attached hydrogens (primary N) is 1. The molecule has 0 bridgehead atoms. The van der Waals surface area contributed by atoms with Gasteiger partial charge in [-0.25, -0.2) is 23.4 Å². The Hall–Kier alpha value is -4.02. The van der Waals surface area contributed by atoms with Crippen LogP contribution in [0.15, 0.2) is 53.6 Å². The van der Waals surface area contributed by atoms with E-state index in [-0.39, 0.29) is 51.1 Å². The van der Waals surface area contributed by atoms with Gasteiger partial charge in [-0.3, -0.25) is 9.27 Å². The highest BCUT2D eigenvalue weighted by molar-refractivity contribution is 7.98. The summed E-state index contributed by atoms with van der Waals surface area (Å²) in [5.74, 6) is -3.81. The van der Waals surface area contributed by atoms with Gasteiger partial charge in [0.05, 0.1) is 17.9 Å². The monoisotopic (exact) mass is 596 g/mol. The summed E-state index contributed by atoms with van der Waals surface area (Å²) in [6, 6.07) is 10.4. The summed E-state index contributed by atoms with van der Waals surface area (Å²) in [5.41, 5.74) is 6.22. The number of thioether (sulfide) groups is 1. The smallest absolute Gasteiger partial charge is 0.451 e. The average Bonchev–Trinajstić information content (AvgIpc) is 3.24. The fourth-order valence-corrected chi connectivity index (χ4v) is 4.64. The molecule has 4 rings (SSSR count). The standard InChI is InChI=1S/C24H20F4N6O4S2/c1-3-38-22(35)17-19(29)34(32-21(17)39-2)20-16(13-5-4-6-15(11-13)33-40(36)37)18(12-7-9-14(25)10-8-12)30-23(31-20)24(26,27)28/h4-11,33H,3,29H2,1-2H3,(H,36,37). The first-order valence-corrected chi connectivity index (χ1v) is 13.6. The van der Waals surface area contributed by atoms with Crippen molar-refractivity contribution in [1.29, 1.82) is 0 Å². The first-order valence-electron chi connectivity index (χ1n) is 11.3. The number of benzene rings is 2. The van der Waals surface area contributed by atoms with Crippen molar-refractivity contribution < 1.29 is 35.9 Å². The number of nitrogens with zero attached hydrogens (tertiary/aromatic N) is 4. The van der Waals surface area contributed by atoms with Crippen molar-refractivity contribution in [2.75, 3.05) is 23.3 Å². The lowest BCUT2D eigenvalue weighted by molar-refractivity contribution is -0.144. The molecule has 1 unspecified atom stereocenters. The van der Waals surface area contributed by atoms with Crippen molar-refractivity contribution in [3.8, 4) is 28.2 Å². The van der Waals surface area contributed by atoms with Crippen LogP contribution in [0.25, 0.3) is 28.2 Å². The van der Waals surface area contributed by atoms with E-state index in [1.165, 1.54) is 36.4 Å². The van der Waals surface area contributed by atoms with Gasteiger partial charge >= 0.3 is 12.1 Å². The van der Waals surface area contributed by atoms with Crippen molar-refractivity contribution >= 4 is 40.5 Å². The molecule has 0 aliphatic carbocycles. The van der Waals surface area contributed by atoms with Gasteiger partial charge in [0.2, 0.25) is 5.82 Å². The molecule has 0 aliphatic rings. The minimum absolute atomic E-state index is 0.00892. The van der Waals surface area contributed by atoms with Crippen molar-refractivity contribution in [2.24, 2.45) is 0 Å². The first kappa shape index (κ1) is 29.0. The van der Waals surface area contributed by atoms with Gasteiger partial charge in [-0.1, -0.05) is 12.1 Å². The number of rotatable bonds is 8. The summed E-state index contributed by atoms with van der Waals surface area (Å²) in [4.78, 5) is 20.2. The number of hydrogen-bond donors (Lipinski definition) is 3. The lowest BCUT2D eigenvalue weighted by atomic mass is 9.98. The molecule has 0 spiro atoms. The minimum Gasteiger partial charge on any atom is -0.462 e. The van der Waals surface area contributed by atoms with Crippen molar-refractivity contribution in [1.82, 2.24) is 19.7 Å². The van der Waals surface area contributed by atoms with Crippen LogP contribution in [0.5, 0.6) is 0 Å². The van der Waals surface area contributed by atoms with Crippen LogP contribution in [-0.4, -0.2) is 47.3 Å². The van der Waals surface area contributed by atoms with E-state index in [4.69, 9.17) is 10.5 Å². The molecule has 0 radical (unpaired) electrons. The molecule has 0 amide bonds. The SMILES string of the molecule is CCOC(=O)c1c(SC)nn(-c2nc(C(F)(F)F)nc(-c3ccc(F)cc3)c2-c2cccc(NS(=O)O)c2)c1N. The maximum absolute atomic E-state index is 14.1. The minimum atomic E-state index is -5.02. The molecule has 0 saturated heterocycles. The number of esters is 1. The third-order valence-electron chi connectivity index (χ3n) is 5.38. The van der Waals surface area contributed by atoms with E-state index in [1.807, 2.05) is 0 Å². The highest BCUT2D eigenvalue weighted by Gasteiger charge is 2.38. The number of nitrogen functional groups attached to an aromatic ring is 1. The molecule has 0 aliphatic heterocycles. The zero-order valence-electron chi connectivity index (χ0n) is 20.7. The first-order chi connectivity index (χ1) is 18.9. The van der Waals surface area contributed by atoms with E-state index < -0.39 is 40.9 Å². The second-order valence-corrected chi connectivity index (χ2v) is 9.43. The van der Waals surface area contributed by atoms with Crippen molar-refractivity contribution in [3.63, 3.8) is 0 Å². The van der Waals surface area contributed by atoms with Crippen LogP contribution in [0.2, 0.25) is 0 Å². The summed E-state index contributed by atoms with van der Waals surface area (Å²) >= 11 is -1.45. The number of carbonyl (C=O) groups excluding carboxylic acids is 1. The third-order valence-corrected chi connectivity index (χ3v) is 6.46. The molecule has 210 valence electrons. The number of hydrogen-bond acceptors (Lipinski definition) is 8. The predicted octanol–water partition coefficient (Wildman–Crippen LogP) is 5.18. The molecule has 4 aromatic rings. The van der Waals surface area contributed by atoms with E-state index in [2.05, 4.69) is 19.8 Å². The van der Waals surface area contributed by atoms with Gasteiger partial charge in [0, 0.05) is 11.3 Å². The van der Waals surface area contributed by atoms with E-state index in [1.54, 1.807) is 13.2 Å². The van der Waals surface area contributed by atoms with E-state index >= 15 is 0 Å². The van der Waals surface area contributed by atoms with Gasteiger partial charge in [0.15, 0.2) is 5.82 Å². The highest BCUT2D eigenvalue weighted by atomic mass is 32.2. The third kappa shape index (κ3) is 5.93. The lowest BCUT2D eigenvalue weighted by Gasteiger charge is -2.18. The van der Waals surface area contributed by atoms with Gasteiger partial charge in [0.1, 0.15) is 22.2 Å². The molecule has 2 aromatic heterocycles. The molecule has 0 fully saturated rings. The Labute approximate surface area is 231 Å². The molecule has 0 saturated carbocycles. The lowest BCUT2D eigenvalue weighted by Crippen LogP contribution is -2.17. The molecular formula is C24H20F4N6O4S2. The molecular weight excluding hydrogens is 576 g/mol. The number of aromatic nitrogens is 4. The Bertz CT molecular complexity index is 1600. The molecule has 4 N–H and O–H groups in total. The van der Waals surface area contributed by atoms with Gasteiger partial charge < -0.3 is 10.5 Å². The van der Waals surface area contributed by atoms with Crippen LogP contribution in [0.3, 0.4) is 0 Å². The van der Waals surface area contributed by atoms with Gasteiger partial charge in [0.25, 0.3) is 11.3 Å². The normalized spacial score (nSPS) is 12.3. The zero-order valence-corrected chi connectivity index (χ0v) is 22.3. The van der Waals surface area contributed by atoms with Crippen LogP contribution < -0.4 is 10.5 Å². The second kappa shape index (κ2) is 11.6. The Morgan fingerprint density at radius 2 is 1.88 bits per heavy atom. The Morgan fingerprint density at radius 3 is 2.48 bits per heavy atom. The summed E-state index contributed by atoms with van der Waals surface area (Å²) in [5, 5.41) is 4.34. The fourth-order valence-electron chi connectivity index (χ4n) is 3.76. The fraction of sp³-hybridized carbons (Fsp3) is 0.167. The summed E-state index contributed by atoms with van der Waals surface area (Å²) in [6.45, 7) is 1.58. The van der Waals surface area contributed by atoms with Crippen LogP contribution in [-0.2, 0) is 22.2 Å². The summed E-state index contributed by atoms with van der Waals surface area (Å²) < 4.78 is 84.8. The molecule has 2 heterocycles. The average molecular weight is 597 g/mol. The Kier molecular flexibility index (Phi) is 8.41. The largest absolute Gasteiger partial charge is 0.462 e. The number of nitrogens with one attached hydrogen (secondary N) is 1. The van der Waals surface area contributed by atoms with Crippen LogP contribution in [0.1, 0.15) is 23.1 Å².